The number of carbonyl (C=O) groups excluding carboxylic acids is 1. The molecule has 4 aromatic carbocycles. The average molecular weight is 408 g/mol. The fourth-order valence-corrected chi connectivity index (χ4v) is 3.88. The second kappa shape index (κ2) is 9.18. The molecule has 0 saturated carbocycles. The second-order valence-corrected chi connectivity index (χ2v) is 8.57. The molecule has 31 heavy (non-hydrogen) atoms. The summed E-state index contributed by atoms with van der Waals surface area (Å²) >= 11 is 0. The molecule has 0 aliphatic heterocycles. The molecule has 0 fully saturated rings. The minimum atomic E-state index is -0.0945. The number of aryl methyl sites for hydroxylation is 1. The molecule has 0 aliphatic rings. The number of anilines is 1. The lowest BCUT2D eigenvalue weighted by Crippen LogP contribution is -2.16. The van der Waals surface area contributed by atoms with Gasteiger partial charge >= 0.3 is 0 Å². The van der Waals surface area contributed by atoms with E-state index in [0.29, 0.717) is 12.3 Å². The van der Waals surface area contributed by atoms with Crippen LogP contribution in [0.4, 0.5) is 5.69 Å². The van der Waals surface area contributed by atoms with Crippen LogP contribution in [0.1, 0.15) is 59.3 Å². The predicted molar refractivity (Wildman–Crippen MR) is 131 cm³/mol. The molecule has 0 heterocycles. The third-order valence-electron chi connectivity index (χ3n) is 5.86. The van der Waals surface area contributed by atoms with Crippen LogP contribution in [0.15, 0.2) is 91.0 Å². The van der Waals surface area contributed by atoms with Crippen molar-refractivity contribution in [3.63, 3.8) is 0 Å². The Bertz CT molecular complexity index is 1170. The van der Waals surface area contributed by atoms with Gasteiger partial charge in [-0.1, -0.05) is 92.2 Å². The summed E-state index contributed by atoms with van der Waals surface area (Å²) in [6.07, 6.45) is 0.396. The maximum absolute atomic E-state index is 13.3. The lowest BCUT2D eigenvalue weighted by Gasteiger charge is -2.21. The molecule has 0 spiro atoms. The zero-order valence-electron chi connectivity index (χ0n) is 18.4. The van der Waals surface area contributed by atoms with Crippen molar-refractivity contribution in [2.45, 2.75) is 39.2 Å². The van der Waals surface area contributed by atoms with Gasteiger partial charge < -0.3 is 5.32 Å². The summed E-state index contributed by atoms with van der Waals surface area (Å²) < 4.78 is 0. The average Bonchev–Trinajstić information content (AvgIpc) is 2.79. The summed E-state index contributed by atoms with van der Waals surface area (Å²) in [5.41, 5.74) is 5.43. The molecular weight excluding hydrogens is 378 g/mol. The van der Waals surface area contributed by atoms with E-state index in [1.165, 1.54) is 11.1 Å². The number of Topliss-reactive ketones (excluding diaryl/α,β-unsaturated/α-hetero) is 1. The summed E-state index contributed by atoms with van der Waals surface area (Å²) in [5.74, 6) is 0.625. The molecule has 0 radical (unpaired) electrons. The highest BCUT2D eigenvalue weighted by Gasteiger charge is 2.18. The van der Waals surface area contributed by atoms with E-state index in [-0.39, 0.29) is 11.8 Å². The van der Waals surface area contributed by atoms with Crippen LogP contribution in [0, 0.1) is 6.92 Å². The fraction of sp³-hybridized carbons (Fsp3) is 0.207. The minimum absolute atomic E-state index is 0.0945. The van der Waals surface area contributed by atoms with Gasteiger partial charge in [0.05, 0.1) is 6.04 Å². The number of carbonyl (C=O) groups is 1. The quantitative estimate of drug-likeness (QED) is 0.318. The van der Waals surface area contributed by atoms with E-state index in [9.17, 15) is 4.79 Å². The Morgan fingerprint density at radius 3 is 2.10 bits per heavy atom. The Morgan fingerprint density at radius 2 is 1.42 bits per heavy atom. The number of ketones is 1. The van der Waals surface area contributed by atoms with Crippen molar-refractivity contribution < 1.29 is 4.79 Å². The Morgan fingerprint density at radius 1 is 0.774 bits per heavy atom. The molecule has 1 atom stereocenters. The van der Waals surface area contributed by atoms with Crippen LogP contribution < -0.4 is 5.32 Å². The van der Waals surface area contributed by atoms with Gasteiger partial charge in [-0.2, -0.15) is 0 Å². The van der Waals surface area contributed by atoms with E-state index in [1.807, 2.05) is 30.3 Å². The maximum atomic E-state index is 13.3. The van der Waals surface area contributed by atoms with E-state index >= 15 is 0 Å². The van der Waals surface area contributed by atoms with Gasteiger partial charge in [-0.25, -0.2) is 0 Å². The van der Waals surface area contributed by atoms with Crippen LogP contribution in [0.5, 0.6) is 0 Å². The first-order valence-corrected chi connectivity index (χ1v) is 10.9. The van der Waals surface area contributed by atoms with Crippen LogP contribution in [0.25, 0.3) is 10.8 Å². The summed E-state index contributed by atoms with van der Waals surface area (Å²) in [5, 5.41) is 5.83. The van der Waals surface area contributed by atoms with Crippen molar-refractivity contribution in [1.82, 2.24) is 0 Å². The van der Waals surface area contributed by atoms with Crippen molar-refractivity contribution >= 4 is 22.2 Å². The van der Waals surface area contributed by atoms with E-state index < -0.39 is 0 Å². The highest BCUT2D eigenvalue weighted by molar-refractivity contribution is 6.00. The minimum Gasteiger partial charge on any atom is -0.378 e. The molecule has 0 saturated heterocycles. The van der Waals surface area contributed by atoms with Gasteiger partial charge in [0.1, 0.15) is 0 Å². The van der Waals surface area contributed by atoms with E-state index in [2.05, 4.69) is 86.8 Å². The van der Waals surface area contributed by atoms with Gasteiger partial charge in [0.15, 0.2) is 5.78 Å². The highest BCUT2D eigenvalue weighted by Crippen LogP contribution is 2.27. The van der Waals surface area contributed by atoms with Crippen LogP contribution in [-0.2, 0) is 0 Å². The van der Waals surface area contributed by atoms with Crippen molar-refractivity contribution in [3.8, 4) is 0 Å². The lowest BCUT2D eigenvalue weighted by atomic mass is 9.94. The predicted octanol–water partition coefficient (Wildman–Crippen LogP) is 7.70. The summed E-state index contributed by atoms with van der Waals surface area (Å²) in [4.78, 5) is 13.3. The van der Waals surface area contributed by atoms with Crippen molar-refractivity contribution in [1.29, 1.82) is 0 Å². The molecule has 0 aromatic heterocycles. The number of nitrogens with one attached hydrogen (secondary N) is 1. The van der Waals surface area contributed by atoms with Gasteiger partial charge in [0.25, 0.3) is 0 Å². The Kier molecular flexibility index (Phi) is 6.18. The second-order valence-electron chi connectivity index (χ2n) is 8.57. The van der Waals surface area contributed by atoms with Crippen molar-refractivity contribution in [2.75, 3.05) is 5.32 Å². The third kappa shape index (κ3) is 5.03. The number of hydrogen-bond donors (Lipinski definition) is 1. The zero-order valence-corrected chi connectivity index (χ0v) is 18.4. The molecule has 0 aliphatic carbocycles. The first kappa shape index (κ1) is 20.9. The zero-order chi connectivity index (χ0) is 21.8. The van der Waals surface area contributed by atoms with Crippen LogP contribution in [-0.4, -0.2) is 5.78 Å². The van der Waals surface area contributed by atoms with Gasteiger partial charge in [-0.3, -0.25) is 4.79 Å². The molecule has 4 rings (SSSR count). The number of rotatable bonds is 7. The number of benzene rings is 4. The highest BCUT2D eigenvalue weighted by atomic mass is 16.1. The van der Waals surface area contributed by atoms with E-state index in [0.717, 1.165) is 27.6 Å². The van der Waals surface area contributed by atoms with Crippen LogP contribution >= 0.6 is 0 Å². The van der Waals surface area contributed by atoms with Crippen molar-refractivity contribution in [2.24, 2.45) is 0 Å². The summed E-state index contributed by atoms with van der Waals surface area (Å²) in [6, 6.07) is 31.0. The standard InChI is InChI=1S/C29H29NO/c1-20(2)22-10-13-24(14-11-22)28(30-27-16-8-21(3)9-17-27)19-29(31)26-15-12-23-6-4-5-7-25(23)18-26/h4-18,20,28,30H,19H2,1-3H3. The molecule has 4 aromatic rings. The summed E-state index contributed by atoms with van der Waals surface area (Å²) in [6.45, 7) is 6.47. The molecule has 2 nitrogen and oxygen atoms in total. The Hall–Kier alpha value is -3.39. The van der Waals surface area contributed by atoms with Crippen molar-refractivity contribution in [3.05, 3.63) is 113 Å². The summed E-state index contributed by atoms with van der Waals surface area (Å²) in [7, 11) is 0. The molecule has 0 amide bonds. The maximum Gasteiger partial charge on any atom is 0.165 e. The van der Waals surface area contributed by atoms with E-state index in [1.54, 1.807) is 0 Å². The molecular formula is C29H29NO. The number of hydrogen-bond acceptors (Lipinski definition) is 2. The molecule has 156 valence electrons. The van der Waals surface area contributed by atoms with Gasteiger partial charge in [-0.05, 0) is 52.9 Å². The monoisotopic (exact) mass is 407 g/mol. The molecule has 1 N–H and O–H groups in total. The molecule has 0 bridgehead atoms. The third-order valence-corrected chi connectivity index (χ3v) is 5.86. The van der Waals surface area contributed by atoms with E-state index in [4.69, 9.17) is 0 Å². The lowest BCUT2D eigenvalue weighted by molar-refractivity contribution is 0.0976. The first-order chi connectivity index (χ1) is 15.0. The molecule has 1 unspecified atom stereocenters. The van der Waals surface area contributed by atoms with Crippen LogP contribution in [0.3, 0.4) is 0 Å². The fourth-order valence-electron chi connectivity index (χ4n) is 3.88. The Balaban J connectivity index is 1.61. The van der Waals surface area contributed by atoms with Gasteiger partial charge in [0.2, 0.25) is 0 Å². The first-order valence-electron chi connectivity index (χ1n) is 10.9. The largest absolute Gasteiger partial charge is 0.378 e. The smallest absolute Gasteiger partial charge is 0.165 e. The Labute approximate surface area is 184 Å². The van der Waals surface area contributed by atoms with Gasteiger partial charge in [-0.15, -0.1) is 0 Å². The normalized spacial score (nSPS) is 12.1. The van der Waals surface area contributed by atoms with Crippen LogP contribution in [0.2, 0.25) is 0 Å². The molecule has 2 heteroatoms. The number of fused-ring (bicyclic) bond motifs is 1. The topological polar surface area (TPSA) is 29.1 Å². The SMILES string of the molecule is Cc1ccc(NC(CC(=O)c2ccc3ccccc3c2)c2ccc(C(C)C)cc2)cc1. The van der Waals surface area contributed by atoms with Gasteiger partial charge in [0, 0.05) is 17.7 Å².